The van der Waals surface area contributed by atoms with Crippen LogP contribution in [-0.2, 0) is 23.0 Å². The Labute approximate surface area is 117 Å². The van der Waals surface area contributed by atoms with E-state index in [1.165, 1.54) is 12.0 Å². The summed E-state index contributed by atoms with van der Waals surface area (Å²) in [5, 5.41) is 13.9. The van der Waals surface area contributed by atoms with Crippen molar-refractivity contribution in [2.75, 3.05) is 13.7 Å². The van der Waals surface area contributed by atoms with Crippen LogP contribution in [0.15, 0.2) is 6.20 Å². The lowest BCUT2D eigenvalue weighted by Crippen LogP contribution is -2.41. The molecule has 0 radical (unpaired) electrons. The lowest BCUT2D eigenvalue weighted by atomic mass is 10.1. The lowest BCUT2D eigenvalue weighted by Gasteiger charge is -2.22. The quantitative estimate of drug-likeness (QED) is 0.771. The van der Waals surface area contributed by atoms with Gasteiger partial charge in [0.1, 0.15) is 6.04 Å². The summed E-state index contributed by atoms with van der Waals surface area (Å²) in [5.41, 5.74) is 1.15. The van der Waals surface area contributed by atoms with Gasteiger partial charge < -0.3 is 14.7 Å². The minimum absolute atomic E-state index is 0.136. The maximum absolute atomic E-state index is 12.6. The Kier molecular flexibility index (Phi) is 4.08. The summed E-state index contributed by atoms with van der Waals surface area (Å²) in [6.45, 7) is 2.05. The molecular formula is C13H19N3O4. The molecular weight excluding hydrogens is 262 g/mol. The van der Waals surface area contributed by atoms with Crippen molar-refractivity contribution in [1.29, 1.82) is 0 Å². The first-order valence-corrected chi connectivity index (χ1v) is 6.57. The number of aliphatic hydroxyl groups is 1. The smallest absolute Gasteiger partial charge is 0.328 e. The molecule has 0 aliphatic carbocycles. The summed E-state index contributed by atoms with van der Waals surface area (Å²) in [4.78, 5) is 25.7. The molecule has 7 nitrogen and oxygen atoms in total. The van der Waals surface area contributed by atoms with Crippen molar-refractivity contribution in [2.45, 2.75) is 31.9 Å². The number of rotatable bonds is 3. The summed E-state index contributed by atoms with van der Waals surface area (Å²) < 4.78 is 6.27. The molecule has 0 saturated carbocycles. The number of β-amino-alcohol motifs (C(OH)–C–C–N with tert-alkyl or cyclic N) is 1. The van der Waals surface area contributed by atoms with Gasteiger partial charge in [-0.1, -0.05) is 6.92 Å². The van der Waals surface area contributed by atoms with Gasteiger partial charge in [0.25, 0.3) is 5.91 Å². The van der Waals surface area contributed by atoms with Crippen molar-refractivity contribution >= 4 is 11.9 Å². The van der Waals surface area contributed by atoms with Crippen LogP contribution in [-0.4, -0.2) is 57.5 Å². The van der Waals surface area contributed by atoms with Gasteiger partial charge in [0.2, 0.25) is 0 Å². The average Bonchev–Trinajstić information content (AvgIpc) is 3.00. The molecule has 2 heterocycles. The number of amides is 1. The van der Waals surface area contributed by atoms with Crippen molar-refractivity contribution in [2.24, 2.45) is 7.05 Å². The molecule has 7 heteroatoms. The van der Waals surface area contributed by atoms with Crippen LogP contribution in [0.2, 0.25) is 0 Å². The summed E-state index contributed by atoms with van der Waals surface area (Å²) in [6, 6.07) is -0.729. The van der Waals surface area contributed by atoms with E-state index in [1.54, 1.807) is 17.9 Å². The zero-order valence-electron chi connectivity index (χ0n) is 11.9. The molecule has 1 aliphatic heterocycles. The van der Waals surface area contributed by atoms with Crippen LogP contribution in [0.5, 0.6) is 0 Å². The third-order valence-corrected chi connectivity index (χ3v) is 3.48. The van der Waals surface area contributed by atoms with Crippen LogP contribution in [0.4, 0.5) is 0 Å². The largest absolute Gasteiger partial charge is 0.467 e. The zero-order valence-corrected chi connectivity index (χ0v) is 11.9. The van der Waals surface area contributed by atoms with Crippen molar-refractivity contribution in [3.63, 3.8) is 0 Å². The Morgan fingerprint density at radius 1 is 1.55 bits per heavy atom. The third-order valence-electron chi connectivity index (χ3n) is 3.48. The van der Waals surface area contributed by atoms with Gasteiger partial charge in [-0.25, -0.2) is 4.79 Å². The van der Waals surface area contributed by atoms with E-state index in [1.807, 2.05) is 6.92 Å². The molecule has 0 aromatic carbocycles. The fourth-order valence-electron chi connectivity index (χ4n) is 2.53. The van der Waals surface area contributed by atoms with Gasteiger partial charge >= 0.3 is 5.97 Å². The number of esters is 1. The molecule has 1 saturated heterocycles. The van der Waals surface area contributed by atoms with E-state index in [0.29, 0.717) is 17.7 Å². The molecule has 20 heavy (non-hydrogen) atoms. The number of aryl methyl sites for hydroxylation is 2. The van der Waals surface area contributed by atoms with E-state index in [2.05, 4.69) is 5.10 Å². The van der Waals surface area contributed by atoms with Gasteiger partial charge in [-0.15, -0.1) is 0 Å². The van der Waals surface area contributed by atoms with E-state index in [0.717, 1.165) is 0 Å². The second kappa shape index (κ2) is 5.62. The highest BCUT2D eigenvalue weighted by atomic mass is 16.5. The molecule has 110 valence electrons. The fourth-order valence-corrected chi connectivity index (χ4v) is 2.53. The molecule has 1 amide bonds. The second-order valence-electron chi connectivity index (χ2n) is 4.90. The highest BCUT2D eigenvalue weighted by Crippen LogP contribution is 2.23. The standard InChI is InChI=1S/C13H19N3O4/c1-4-10-9(7-15(2)14-10)12(18)16-6-8(17)5-11(16)13(19)20-3/h7-8,11,17H,4-6H2,1-3H3. The summed E-state index contributed by atoms with van der Waals surface area (Å²) >= 11 is 0. The van der Waals surface area contributed by atoms with E-state index < -0.39 is 18.1 Å². The Morgan fingerprint density at radius 3 is 2.85 bits per heavy atom. The van der Waals surface area contributed by atoms with Crippen molar-refractivity contribution in [3.8, 4) is 0 Å². The first kappa shape index (κ1) is 14.5. The molecule has 2 rings (SSSR count). The number of methoxy groups -OCH3 is 1. The number of likely N-dealkylation sites (tertiary alicyclic amines) is 1. The maximum atomic E-state index is 12.6. The Bertz CT molecular complexity index is 526. The average molecular weight is 281 g/mol. The predicted octanol–water partition coefficient (Wildman–Crippen LogP) is -0.269. The minimum atomic E-state index is -0.729. The SMILES string of the molecule is CCc1nn(C)cc1C(=O)N1CC(O)CC1C(=O)OC. The molecule has 0 spiro atoms. The van der Waals surface area contributed by atoms with Crippen LogP contribution >= 0.6 is 0 Å². The Hall–Kier alpha value is -1.89. The first-order valence-electron chi connectivity index (χ1n) is 6.57. The van der Waals surface area contributed by atoms with Gasteiger partial charge in [-0.2, -0.15) is 5.10 Å². The number of aliphatic hydroxyl groups excluding tert-OH is 1. The van der Waals surface area contributed by atoms with Gasteiger partial charge in [0.05, 0.1) is 24.5 Å². The third kappa shape index (κ3) is 2.53. The number of aromatic nitrogens is 2. The highest BCUT2D eigenvalue weighted by Gasteiger charge is 2.40. The van der Waals surface area contributed by atoms with Crippen LogP contribution in [0.1, 0.15) is 29.4 Å². The summed E-state index contributed by atoms with van der Waals surface area (Å²) in [5.74, 6) is -0.793. The van der Waals surface area contributed by atoms with Crippen LogP contribution in [0.3, 0.4) is 0 Å². The summed E-state index contributed by atoms with van der Waals surface area (Å²) in [6.07, 6.45) is 1.77. The van der Waals surface area contributed by atoms with E-state index in [-0.39, 0.29) is 18.9 Å². The molecule has 1 aromatic heterocycles. The van der Waals surface area contributed by atoms with Crippen LogP contribution < -0.4 is 0 Å². The van der Waals surface area contributed by atoms with Gasteiger partial charge in [0.15, 0.2) is 0 Å². The zero-order chi connectivity index (χ0) is 14.9. The first-order chi connectivity index (χ1) is 9.47. The van der Waals surface area contributed by atoms with E-state index in [9.17, 15) is 14.7 Å². The number of nitrogens with zero attached hydrogens (tertiary/aromatic N) is 3. The summed E-state index contributed by atoms with van der Waals surface area (Å²) in [7, 11) is 3.02. The number of ether oxygens (including phenoxy) is 1. The Balaban J connectivity index is 2.28. The normalized spacial score (nSPS) is 22.1. The number of hydrogen-bond acceptors (Lipinski definition) is 5. The van der Waals surface area contributed by atoms with Crippen LogP contribution in [0.25, 0.3) is 0 Å². The Morgan fingerprint density at radius 2 is 2.25 bits per heavy atom. The van der Waals surface area contributed by atoms with Gasteiger partial charge in [-0.05, 0) is 6.42 Å². The second-order valence-corrected chi connectivity index (χ2v) is 4.90. The molecule has 1 fully saturated rings. The van der Waals surface area contributed by atoms with Crippen LogP contribution in [0, 0.1) is 0 Å². The van der Waals surface area contributed by atoms with Gasteiger partial charge in [-0.3, -0.25) is 9.48 Å². The van der Waals surface area contributed by atoms with E-state index >= 15 is 0 Å². The number of hydrogen-bond donors (Lipinski definition) is 1. The number of carbonyl (C=O) groups excluding carboxylic acids is 2. The van der Waals surface area contributed by atoms with E-state index in [4.69, 9.17) is 4.74 Å². The predicted molar refractivity (Wildman–Crippen MR) is 70.1 cm³/mol. The topological polar surface area (TPSA) is 84.7 Å². The monoisotopic (exact) mass is 281 g/mol. The molecule has 1 aromatic rings. The van der Waals surface area contributed by atoms with Gasteiger partial charge in [0, 0.05) is 26.2 Å². The van der Waals surface area contributed by atoms with Crippen molar-refractivity contribution in [1.82, 2.24) is 14.7 Å². The minimum Gasteiger partial charge on any atom is -0.467 e. The molecule has 1 N–H and O–H groups in total. The fraction of sp³-hybridized carbons (Fsp3) is 0.615. The van der Waals surface area contributed by atoms with Crippen molar-refractivity contribution < 1.29 is 19.4 Å². The maximum Gasteiger partial charge on any atom is 0.328 e. The molecule has 2 unspecified atom stereocenters. The molecule has 2 atom stereocenters. The highest BCUT2D eigenvalue weighted by molar-refractivity contribution is 5.98. The molecule has 0 bridgehead atoms. The number of carbonyl (C=O) groups is 2. The van der Waals surface area contributed by atoms with Crippen molar-refractivity contribution in [3.05, 3.63) is 17.5 Å². The molecule has 1 aliphatic rings. The lowest BCUT2D eigenvalue weighted by molar-refractivity contribution is -0.145.